The van der Waals surface area contributed by atoms with Crippen LogP contribution in [0.15, 0.2) is 12.1 Å². The molecule has 0 spiro atoms. The number of aryl methyl sites for hydroxylation is 3. The lowest BCUT2D eigenvalue weighted by atomic mass is 10.1. The number of nitrogens with two attached hydrogens (primary N) is 1. The minimum absolute atomic E-state index is 0.0559. The number of nitrogens with zero attached hydrogens (tertiary/aromatic N) is 1. The predicted octanol–water partition coefficient (Wildman–Crippen LogP) is 1.80. The Morgan fingerprint density at radius 1 is 1.35 bits per heavy atom. The van der Waals surface area contributed by atoms with Crippen LogP contribution in [0.5, 0.6) is 5.75 Å². The van der Waals surface area contributed by atoms with Gasteiger partial charge in [0.1, 0.15) is 5.75 Å². The summed E-state index contributed by atoms with van der Waals surface area (Å²) in [4.78, 5) is 14.0. The molecule has 0 radical (unpaired) electrons. The van der Waals surface area contributed by atoms with Crippen LogP contribution >= 0.6 is 0 Å². The molecule has 2 N–H and O–H groups in total. The molecule has 1 fully saturated rings. The van der Waals surface area contributed by atoms with E-state index >= 15 is 0 Å². The average molecular weight is 276 g/mol. The Balaban J connectivity index is 1.94. The van der Waals surface area contributed by atoms with E-state index in [0.717, 1.165) is 36.4 Å². The van der Waals surface area contributed by atoms with E-state index in [0.29, 0.717) is 12.5 Å². The molecule has 1 aliphatic heterocycles. The summed E-state index contributed by atoms with van der Waals surface area (Å²) in [5.74, 6) is 1.33. The number of carbonyl (C=O) groups excluding carboxylic acids is 1. The Kier molecular flexibility index (Phi) is 4.65. The fourth-order valence-corrected chi connectivity index (χ4v) is 2.87. The third kappa shape index (κ3) is 3.31. The van der Waals surface area contributed by atoms with Crippen molar-refractivity contribution in [2.75, 3.05) is 26.2 Å². The fourth-order valence-electron chi connectivity index (χ4n) is 2.87. The van der Waals surface area contributed by atoms with Gasteiger partial charge in [0.05, 0.1) is 0 Å². The quantitative estimate of drug-likeness (QED) is 0.912. The Hall–Kier alpha value is -1.55. The molecule has 20 heavy (non-hydrogen) atoms. The summed E-state index contributed by atoms with van der Waals surface area (Å²) in [5.41, 5.74) is 9.02. The monoisotopic (exact) mass is 276 g/mol. The summed E-state index contributed by atoms with van der Waals surface area (Å²) in [6, 6.07) is 4.15. The lowest BCUT2D eigenvalue weighted by Gasteiger charge is -2.18. The topological polar surface area (TPSA) is 55.6 Å². The van der Waals surface area contributed by atoms with Gasteiger partial charge in [0.15, 0.2) is 6.61 Å². The molecule has 1 aliphatic rings. The molecule has 0 aromatic heterocycles. The molecule has 1 aromatic carbocycles. The number of likely N-dealkylation sites (tertiary alicyclic amines) is 1. The van der Waals surface area contributed by atoms with Crippen molar-refractivity contribution >= 4 is 5.91 Å². The van der Waals surface area contributed by atoms with Gasteiger partial charge in [0, 0.05) is 13.1 Å². The number of amides is 1. The van der Waals surface area contributed by atoms with Crippen LogP contribution < -0.4 is 10.5 Å². The van der Waals surface area contributed by atoms with Crippen LogP contribution in [0.3, 0.4) is 0 Å². The maximum absolute atomic E-state index is 12.1. The highest BCUT2D eigenvalue weighted by Gasteiger charge is 2.25. The van der Waals surface area contributed by atoms with Gasteiger partial charge in [0.2, 0.25) is 0 Å². The molecule has 110 valence electrons. The van der Waals surface area contributed by atoms with Gasteiger partial charge in [-0.2, -0.15) is 0 Å². The third-order valence-electron chi connectivity index (χ3n) is 3.92. The van der Waals surface area contributed by atoms with E-state index in [1.165, 1.54) is 5.56 Å². The number of benzene rings is 1. The second kappa shape index (κ2) is 6.27. The van der Waals surface area contributed by atoms with Crippen LogP contribution in [0, 0.1) is 26.7 Å². The predicted molar refractivity (Wildman–Crippen MR) is 79.9 cm³/mol. The number of hydrogen-bond donors (Lipinski definition) is 1. The first-order valence-corrected chi connectivity index (χ1v) is 7.19. The molecule has 2 rings (SSSR count). The smallest absolute Gasteiger partial charge is 0.260 e. The maximum atomic E-state index is 12.1. The molecule has 0 bridgehead atoms. The van der Waals surface area contributed by atoms with Crippen LogP contribution in [-0.4, -0.2) is 37.0 Å². The third-order valence-corrected chi connectivity index (χ3v) is 3.92. The Morgan fingerprint density at radius 3 is 2.55 bits per heavy atom. The van der Waals surface area contributed by atoms with Crippen molar-refractivity contribution in [2.24, 2.45) is 11.7 Å². The number of hydrogen-bond acceptors (Lipinski definition) is 3. The zero-order valence-corrected chi connectivity index (χ0v) is 12.6. The van der Waals surface area contributed by atoms with E-state index in [1.54, 1.807) is 0 Å². The minimum Gasteiger partial charge on any atom is -0.483 e. The summed E-state index contributed by atoms with van der Waals surface area (Å²) < 4.78 is 5.74. The summed E-state index contributed by atoms with van der Waals surface area (Å²) in [7, 11) is 0. The van der Waals surface area contributed by atoms with E-state index in [2.05, 4.69) is 19.1 Å². The minimum atomic E-state index is 0.0559. The van der Waals surface area contributed by atoms with Crippen molar-refractivity contribution in [1.29, 1.82) is 0 Å². The van der Waals surface area contributed by atoms with Gasteiger partial charge in [-0.3, -0.25) is 4.79 Å². The molecule has 1 aromatic rings. The lowest BCUT2D eigenvalue weighted by Crippen LogP contribution is -2.33. The second-order valence-electron chi connectivity index (χ2n) is 5.75. The first-order chi connectivity index (χ1) is 9.51. The molecule has 0 saturated carbocycles. The number of ether oxygens (including phenoxy) is 1. The molecule has 1 amide bonds. The van der Waals surface area contributed by atoms with Crippen molar-refractivity contribution in [3.8, 4) is 5.75 Å². The molecule has 4 heteroatoms. The highest BCUT2D eigenvalue weighted by Crippen LogP contribution is 2.24. The summed E-state index contributed by atoms with van der Waals surface area (Å²) in [6.45, 7) is 8.43. The van der Waals surface area contributed by atoms with Crippen molar-refractivity contribution in [3.05, 3.63) is 28.8 Å². The normalized spacial score (nSPS) is 18.4. The van der Waals surface area contributed by atoms with Gasteiger partial charge in [-0.25, -0.2) is 0 Å². The number of carbonyl (C=O) groups is 1. The molecule has 1 saturated heterocycles. The summed E-state index contributed by atoms with van der Waals surface area (Å²) in [6.07, 6.45) is 1.00. The Morgan fingerprint density at radius 2 is 2.00 bits per heavy atom. The zero-order chi connectivity index (χ0) is 14.7. The van der Waals surface area contributed by atoms with E-state index in [9.17, 15) is 4.79 Å². The van der Waals surface area contributed by atoms with Crippen LogP contribution in [0.2, 0.25) is 0 Å². The van der Waals surface area contributed by atoms with Gasteiger partial charge >= 0.3 is 0 Å². The van der Waals surface area contributed by atoms with Crippen LogP contribution in [0.4, 0.5) is 0 Å². The molecule has 4 nitrogen and oxygen atoms in total. The van der Waals surface area contributed by atoms with Crippen LogP contribution in [0.1, 0.15) is 23.1 Å². The molecular formula is C16H24N2O2. The van der Waals surface area contributed by atoms with Crippen molar-refractivity contribution in [1.82, 2.24) is 4.90 Å². The largest absolute Gasteiger partial charge is 0.483 e. The summed E-state index contributed by atoms with van der Waals surface area (Å²) >= 11 is 0. The van der Waals surface area contributed by atoms with Gasteiger partial charge in [-0.1, -0.05) is 17.7 Å². The Bertz CT molecular complexity index is 476. The fraction of sp³-hybridized carbons (Fsp3) is 0.562. The van der Waals surface area contributed by atoms with Gasteiger partial charge in [-0.05, 0) is 50.8 Å². The zero-order valence-electron chi connectivity index (χ0n) is 12.6. The maximum Gasteiger partial charge on any atom is 0.260 e. The SMILES string of the molecule is Cc1cc(C)c(OCC(=O)N2CC[C@H](CN)C2)c(C)c1. The van der Waals surface area contributed by atoms with Gasteiger partial charge in [0.25, 0.3) is 5.91 Å². The standard InChI is InChI=1S/C16H24N2O2/c1-11-6-12(2)16(13(3)7-11)20-10-15(19)18-5-4-14(8-17)9-18/h6-7,14H,4-5,8-10,17H2,1-3H3/t14-/m1/s1. The summed E-state index contributed by atoms with van der Waals surface area (Å²) in [5, 5.41) is 0. The highest BCUT2D eigenvalue weighted by molar-refractivity contribution is 5.78. The van der Waals surface area contributed by atoms with Crippen LogP contribution in [0.25, 0.3) is 0 Å². The van der Waals surface area contributed by atoms with Crippen molar-refractivity contribution in [2.45, 2.75) is 27.2 Å². The van der Waals surface area contributed by atoms with E-state index in [4.69, 9.17) is 10.5 Å². The average Bonchev–Trinajstić information content (AvgIpc) is 2.86. The highest BCUT2D eigenvalue weighted by atomic mass is 16.5. The first-order valence-electron chi connectivity index (χ1n) is 7.19. The van der Waals surface area contributed by atoms with Crippen molar-refractivity contribution in [3.63, 3.8) is 0 Å². The molecule has 1 heterocycles. The molecule has 0 aliphatic carbocycles. The van der Waals surface area contributed by atoms with Crippen molar-refractivity contribution < 1.29 is 9.53 Å². The van der Waals surface area contributed by atoms with E-state index in [1.807, 2.05) is 18.7 Å². The van der Waals surface area contributed by atoms with E-state index < -0.39 is 0 Å². The first kappa shape index (κ1) is 14.9. The molecule has 1 atom stereocenters. The lowest BCUT2D eigenvalue weighted by molar-refractivity contribution is -0.132. The Labute approximate surface area is 120 Å². The number of rotatable bonds is 4. The van der Waals surface area contributed by atoms with Gasteiger partial charge in [-0.15, -0.1) is 0 Å². The van der Waals surface area contributed by atoms with E-state index in [-0.39, 0.29) is 12.5 Å². The second-order valence-corrected chi connectivity index (χ2v) is 5.75. The van der Waals surface area contributed by atoms with Gasteiger partial charge < -0.3 is 15.4 Å². The molecular weight excluding hydrogens is 252 g/mol. The molecule has 0 unspecified atom stereocenters. The van der Waals surface area contributed by atoms with Crippen LogP contribution in [-0.2, 0) is 4.79 Å².